The summed E-state index contributed by atoms with van der Waals surface area (Å²) in [6.07, 6.45) is 1.66. The van der Waals surface area contributed by atoms with Crippen molar-refractivity contribution in [3.63, 3.8) is 0 Å². The van der Waals surface area contributed by atoms with Gasteiger partial charge in [-0.3, -0.25) is 14.6 Å². The van der Waals surface area contributed by atoms with Crippen molar-refractivity contribution in [3.8, 4) is 0 Å². The molecule has 5 rings (SSSR count). The molecule has 0 spiro atoms. The third-order valence-electron chi connectivity index (χ3n) is 12.1. The number of hydrogen-bond donors (Lipinski definition) is 1. The van der Waals surface area contributed by atoms with E-state index in [9.17, 15) is 19.5 Å². The summed E-state index contributed by atoms with van der Waals surface area (Å²) in [5, 5.41) is 19.9. The fraction of sp³-hybridized carbons (Fsp3) is 0.769. The van der Waals surface area contributed by atoms with Gasteiger partial charge in [-0.25, -0.2) is 4.79 Å². The number of aliphatic hydroxyl groups is 1. The predicted octanol–water partition coefficient (Wildman–Crippen LogP) is 4.24. The van der Waals surface area contributed by atoms with Crippen LogP contribution < -0.4 is 0 Å². The van der Waals surface area contributed by atoms with Crippen molar-refractivity contribution in [3.05, 3.63) is 30.1 Å². The number of Topliss-reactive ketones (excluding diaryl/α,β-unsaturated/α-hetero) is 1. The fourth-order valence-electron chi connectivity index (χ4n) is 9.09. The number of amides is 1. The van der Waals surface area contributed by atoms with Crippen LogP contribution in [-0.4, -0.2) is 130 Å². The van der Waals surface area contributed by atoms with E-state index < -0.39 is 71.5 Å². The first kappa shape index (κ1) is 41.0. The highest BCUT2D eigenvalue weighted by molar-refractivity contribution is 6.00. The van der Waals surface area contributed by atoms with E-state index in [1.807, 2.05) is 65.7 Å². The van der Waals surface area contributed by atoms with Gasteiger partial charge >= 0.3 is 12.1 Å². The van der Waals surface area contributed by atoms with Crippen LogP contribution in [0.25, 0.3) is 0 Å². The van der Waals surface area contributed by atoms with E-state index in [-0.39, 0.29) is 24.0 Å². The summed E-state index contributed by atoms with van der Waals surface area (Å²) in [5.41, 5.74) is -0.419. The van der Waals surface area contributed by atoms with E-state index >= 15 is 0 Å². The van der Waals surface area contributed by atoms with E-state index in [2.05, 4.69) is 11.9 Å². The molecule has 2 bridgehead atoms. The molecule has 0 aromatic carbocycles. The van der Waals surface area contributed by atoms with E-state index in [0.717, 1.165) is 17.7 Å². The highest BCUT2D eigenvalue weighted by Gasteiger charge is 2.63. The maximum Gasteiger partial charge on any atom is 0.431 e. The molecule has 14 nitrogen and oxygen atoms in total. The monoisotopic (exact) mass is 743 g/mol. The zero-order chi connectivity index (χ0) is 39.0. The number of carbonyl (C=O) groups excluding carboxylic acids is 3. The average molecular weight is 744 g/mol. The van der Waals surface area contributed by atoms with Gasteiger partial charge in [0, 0.05) is 43.1 Å². The van der Waals surface area contributed by atoms with Gasteiger partial charge in [0.2, 0.25) is 0 Å². The lowest BCUT2D eigenvalue weighted by molar-refractivity contribution is -0.295. The molecule has 1 N–H and O–H groups in total. The number of aryl methyl sites for hydroxylation is 1. The van der Waals surface area contributed by atoms with E-state index in [1.165, 1.54) is 6.92 Å². The van der Waals surface area contributed by atoms with Gasteiger partial charge in [0.1, 0.15) is 24.2 Å². The molecule has 4 aliphatic rings. The minimum Gasteiger partial charge on any atom is -0.457 e. The number of ketones is 1. The zero-order valence-corrected chi connectivity index (χ0v) is 33.4. The molecule has 0 saturated carbocycles. The third-order valence-corrected chi connectivity index (χ3v) is 12.1. The molecule has 1 aromatic heterocycles. The van der Waals surface area contributed by atoms with Gasteiger partial charge in [0.05, 0.1) is 24.4 Å². The van der Waals surface area contributed by atoms with Crippen molar-refractivity contribution in [2.45, 2.75) is 141 Å². The molecule has 13 atom stereocenters. The SMILES string of the molecule is CC[C@H]1OC(=O)[C@H](C)C(=O)[C@H](C)[C@@H](O[C@H]2O[C@@H](C)C[C@@H](N(C)C)[C@@H]2O)C(C)(OC)C[C@@H](C)C2=NN(CCCc3ccncc3)N3C(=O)O[C@@]1(C)[C@H]3[C@H]2C. The van der Waals surface area contributed by atoms with Crippen molar-refractivity contribution in [2.75, 3.05) is 27.7 Å². The molecule has 5 heterocycles. The number of likely N-dealkylation sites (N-methyl/N-ethyl adjacent to an activating group) is 1. The Morgan fingerprint density at radius 2 is 1.74 bits per heavy atom. The Labute approximate surface area is 314 Å². The average Bonchev–Trinajstić information content (AvgIpc) is 3.41. The number of aliphatic hydroxyl groups excluding tert-OH is 1. The van der Waals surface area contributed by atoms with Gasteiger partial charge in [-0.2, -0.15) is 15.2 Å². The number of aromatic nitrogens is 1. The largest absolute Gasteiger partial charge is 0.457 e. The Morgan fingerprint density at radius 1 is 1.06 bits per heavy atom. The molecule has 3 saturated heterocycles. The molecule has 4 aliphatic heterocycles. The van der Waals surface area contributed by atoms with Crippen LogP contribution in [-0.2, 0) is 39.7 Å². The maximum atomic E-state index is 14.3. The second-order valence-corrected chi connectivity index (χ2v) is 16.2. The first-order valence-corrected chi connectivity index (χ1v) is 19.2. The van der Waals surface area contributed by atoms with Crippen LogP contribution in [0.3, 0.4) is 0 Å². The number of cyclic esters (lactones) is 1. The number of hydrogen-bond acceptors (Lipinski definition) is 13. The molecule has 53 heavy (non-hydrogen) atoms. The minimum atomic E-state index is -1.24. The molecule has 3 fully saturated rings. The Hall–Kier alpha value is -3.17. The Bertz CT molecular complexity index is 1500. The van der Waals surface area contributed by atoms with Crippen molar-refractivity contribution in [2.24, 2.45) is 28.8 Å². The lowest BCUT2D eigenvalue weighted by Gasteiger charge is -2.49. The molecule has 1 amide bonds. The number of fused-ring (bicyclic) bond motifs is 1. The number of methoxy groups -OCH3 is 1. The van der Waals surface area contributed by atoms with E-state index in [4.69, 9.17) is 28.8 Å². The van der Waals surface area contributed by atoms with Crippen LogP contribution in [0.4, 0.5) is 4.79 Å². The molecule has 1 unspecified atom stereocenters. The van der Waals surface area contributed by atoms with Crippen LogP contribution in [0.15, 0.2) is 29.6 Å². The normalized spacial score (nSPS) is 39.8. The lowest BCUT2D eigenvalue weighted by Crippen LogP contribution is -2.63. The quantitative estimate of drug-likeness (QED) is 0.285. The van der Waals surface area contributed by atoms with Gasteiger partial charge in [-0.15, -0.1) is 0 Å². The second kappa shape index (κ2) is 16.3. The predicted molar refractivity (Wildman–Crippen MR) is 196 cm³/mol. The molecular formula is C39H61N5O9. The summed E-state index contributed by atoms with van der Waals surface area (Å²) < 4.78 is 31.6. The van der Waals surface area contributed by atoms with Gasteiger partial charge in [-0.05, 0) is 97.5 Å². The summed E-state index contributed by atoms with van der Waals surface area (Å²) in [4.78, 5) is 48.1. The summed E-state index contributed by atoms with van der Waals surface area (Å²) >= 11 is 0. The summed E-state index contributed by atoms with van der Waals surface area (Å²) in [7, 11) is 5.38. The van der Waals surface area contributed by atoms with Crippen molar-refractivity contribution in [1.29, 1.82) is 0 Å². The minimum absolute atomic E-state index is 0.219. The van der Waals surface area contributed by atoms with E-state index in [0.29, 0.717) is 32.2 Å². The number of nitrogens with zero attached hydrogens (tertiary/aromatic N) is 5. The molecule has 296 valence electrons. The van der Waals surface area contributed by atoms with Gasteiger partial charge in [0.15, 0.2) is 17.7 Å². The number of carbonyl (C=O) groups is 3. The van der Waals surface area contributed by atoms with Gasteiger partial charge < -0.3 is 33.7 Å². The molecule has 0 radical (unpaired) electrons. The number of ether oxygens (including phenoxy) is 5. The molecule has 0 aliphatic carbocycles. The summed E-state index contributed by atoms with van der Waals surface area (Å²) in [5.74, 6) is -3.69. The van der Waals surface area contributed by atoms with Gasteiger partial charge in [-0.1, -0.05) is 27.7 Å². The molecular weight excluding hydrogens is 682 g/mol. The Kier molecular flexibility index (Phi) is 12.6. The van der Waals surface area contributed by atoms with Crippen LogP contribution in [0.1, 0.15) is 86.6 Å². The van der Waals surface area contributed by atoms with Crippen molar-refractivity contribution < 1.29 is 43.2 Å². The van der Waals surface area contributed by atoms with Crippen LogP contribution >= 0.6 is 0 Å². The van der Waals surface area contributed by atoms with Crippen LogP contribution in [0.2, 0.25) is 0 Å². The number of rotatable bonds is 9. The van der Waals surface area contributed by atoms with Crippen molar-refractivity contribution in [1.82, 2.24) is 20.0 Å². The Morgan fingerprint density at radius 3 is 2.36 bits per heavy atom. The van der Waals surface area contributed by atoms with E-state index in [1.54, 1.807) is 36.6 Å². The number of hydrazone groups is 1. The second-order valence-electron chi connectivity index (χ2n) is 16.2. The van der Waals surface area contributed by atoms with Gasteiger partial charge in [0.25, 0.3) is 0 Å². The van der Waals surface area contributed by atoms with Crippen molar-refractivity contribution >= 4 is 23.6 Å². The first-order valence-electron chi connectivity index (χ1n) is 19.2. The number of hydrazine groups is 1. The lowest BCUT2D eigenvalue weighted by atomic mass is 9.73. The topological polar surface area (TPSA) is 153 Å². The van der Waals surface area contributed by atoms with Crippen LogP contribution in [0.5, 0.6) is 0 Å². The third kappa shape index (κ3) is 7.98. The zero-order valence-electron chi connectivity index (χ0n) is 33.4. The first-order chi connectivity index (χ1) is 25.0. The summed E-state index contributed by atoms with van der Waals surface area (Å²) in [6, 6.07) is 3.14. The van der Waals surface area contributed by atoms with Crippen LogP contribution in [0, 0.1) is 23.7 Å². The number of esters is 1. The smallest absolute Gasteiger partial charge is 0.431 e. The molecule has 1 aromatic rings. The highest BCUT2D eigenvalue weighted by Crippen LogP contribution is 2.45. The summed E-state index contributed by atoms with van der Waals surface area (Å²) in [6.45, 7) is 15.3. The fourth-order valence-corrected chi connectivity index (χ4v) is 9.09. The Balaban J connectivity index is 1.58. The highest BCUT2D eigenvalue weighted by atomic mass is 16.7. The molecule has 14 heteroatoms. The standard InChI is InChI=1S/C39H61N5O9/c1-12-29-39(8)33-24(4)30(41-43(44(33)37(48)53-39)19-13-14-27-15-17-40-18-16-27)22(2)21-38(7,49-11)34(25(5)31(45)26(6)35(47)51-29)52-36-32(46)28(42(9)10)20-23(3)50-36/h15-18,22-26,28-29,32-34,36,46H,12-14,19-21H2,1-11H3/t22-,23+,24+,25+,26-,28-,29-,32+,33-,34-,36-,38?,39-/m1/s1. The number of pyridine rings is 1. The maximum absolute atomic E-state index is 14.3.